The van der Waals surface area contributed by atoms with Gasteiger partial charge < -0.3 is 15.2 Å². The van der Waals surface area contributed by atoms with Crippen molar-refractivity contribution in [2.75, 3.05) is 13.7 Å². The van der Waals surface area contributed by atoms with Crippen LogP contribution in [0, 0.1) is 10.1 Å². The quantitative estimate of drug-likeness (QED) is 0.236. The average Bonchev–Trinajstić information content (AvgIpc) is 2.71. The van der Waals surface area contributed by atoms with E-state index in [1.165, 1.54) is 37.2 Å². The highest BCUT2D eigenvalue weighted by molar-refractivity contribution is 8.13. The second-order valence-electron chi connectivity index (χ2n) is 5.31. The Kier molecular flexibility index (Phi) is 7.97. The SMILES string of the molecule is COC(=O)COc1ccc(C=NN=C(N)SCc2ccccc2)cc1[N+](=O)[O-]. The number of amidine groups is 1. The van der Waals surface area contributed by atoms with E-state index < -0.39 is 17.5 Å². The van der Waals surface area contributed by atoms with E-state index in [1.54, 1.807) is 6.07 Å². The highest BCUT2D eigenvalue weighted by atomic mass is 32.2. The third-order valence-corrected chi connectivity index (χ3v) is 4.20. The van der Waals surface area contributed by atoms with Crippen LogP contribution in [0.5, 0.6) is 5.75 Å². The molecule has 0 unspecified atom stereocenters. The third-order valence-electron chi connectivity index (χ3n) is 3.35. The van der Waals surface area contributed by atoms with Crippen molar-refractivity contribution in [2.45, 2.75) is 5.75 Å². The first kappa shape index (κ1) is 20.9. The summed E-state index contributed by atoms with van der Waals surface area (Å²) in [6.07, 6.45) is 1.34. The summed E-state index contributed by atoms with van der Waals surface area (Å²) in [6, 6.07) is 13.9. The van der Waals surface area contributed by atoms with Crippen molar-refractivity contribution in [3.63, 3.8) is 0 Å². The van der Waals surface area contributed by atoms with Gasteiger partial charge in [0, 0.05) is 17.4 Å². The van der Waals surface area contributed by atoms with Crippen molar-refractivity contribution < 1.29 is 19.2 Å². The number of nitro groups is 1. The number of hydrogen-bond donors (Lipinski definition) is 1. The van der Waals surface area contributed by atoms with Crippen molar-refractivity contribution in [1.82, 2.24) is 0 Å². The van der Waals surface area contributed by atoms with Gasteiger partial charge in [0.2, 0.25) is 0 Å². The number of hydrogen-bond acceptors (Lipinski definition) is 8. The van der Waals surface area contributed by atoms with Gasteiger partial charge in [-0.25, -0.2) is 4.79 Å². The highest BCUT2D eigenvalue weighted by Gasteiger charge is 2.17. The lowest BCUT2D eigenvalue weighted by atomic mass is 10.2. The molecule has 2 aromatic carbocycles. The van der Waals surface area contributed by atoms with Crippen molar-refractivity contribution in [2.24, 2.45) is 15.9 Å². The molecule has 0 aromatic heterocycles. The van der Waals surface area contributed by atoms with Crippen LogP contribution in [0.15, 0.2) is 58.7 Å². The van der Waals surface area contributed by atoms with Crippen molar-refractivity contribution in [1.29, 1.82) is 0 Å². The second-order valence-corrected chi connectivity index (χ2v) is 6.30. The predicted octanol–water partition coefficient (Wildman–Crippen LogP) is 2.73. The molecule has 0 saturated carbocycles. The summed E-state index contributed by atoms with van der Waals surface area (Å²) in [6.45, 7) is -0.426. The molecule has 2 N–H and O–H groups in total. The number of thioether (sulfide) groups is 1. The molecule has 0 radical (unpaired) electrons. The number of nitro benzene ring substituents is 1. The Bertz CT molecular complexity index is 887. The molecule has 0 fully saturated rings. The Morgan fingerprint density at radius 2 is 2.04 bits per heavy atom. The maximum absolute atomic E-state index is 11.2. The number of methoxy groups -OCH3 is 1. The summed E-state index contributed by atoms with van der Waals surface area (Å²) >= 11 is 1.33. The van der Waals surface area contributed by atoms with Crippen LogP contribution in [-0.2, 0) is 15.3 Å². The molecule has 0 aliphatic heterocycles. The standard InChI is InChI=1S/C18H18N4O5S/c1-26-17(23)11-27-16-8-7-14(9-15(16)22(24)25)10-20-21-18(19)28-12-13-5-3-2-4-6-13/h2-10H,11-12H2,1H3,(H2,19,21). The number of benzene rings is 2. The molecule has 10 heteroatoms. The van der Waals surface area contributed by atoms with E-state index in [9.17, 15) is 14.9 Å². The van der Waals surface area contributed by atoms with Crippen LogP contribution in [0.2, 0.25) is 0 Å². The Labute approximate surface area is 165 Å². The highest BCUT2D eigenvalue weighted by Crippen LogP contribution is 2.27. The maximum Gasteiger partial charge on any atom is 0.343 e. The van der Waals surface area contributed by atoms with Crippen LogP contribution in [0.4, 0.5) is 5.69 Å². The van der Waals surface area contributed by atoms with E-state index in [1.807, 2.05) is 30.3 Å². The Balaban J connectivity index is 2.01. The number of nitrogens with two attached hydrogens (primary N) is 1. The zero-order valence-electron chi connectivity index (χ0n) is 15.0. The molecule has 28 heavy (non-hydrogen) atoms. The molecule has 0 saturated heterocycles. The minimum atomic E-state index is -0.641. The normalized spacial score (nSPS) is 11.4. The molecule has 2 rings (SSSR count). The molecule has 0 atom stereocenters. The fourth-order valence-corrected chi connectivity index (χ4v) is 2.60. The van der Waals surface area contributed by atoms with Crippen molar-refractivity contribution in [3.8, 4) is 5.75 Å². The van der Waals surface area contributed by atoms with Gasteiger partial charge in [-0.05, 0) is 17.7 Å². The smallest absolute Gasteiger partial charge is 0.343 e. The number of esters is 1. The largest absolute Gasteiger partial charge is 0.475 e. The average molecular weight is 402 g/mol. The molecular formula is C18H18N4O5S. The Morgan fingerprint density at radius 3 is 2.71 bits per heavy atom. The molecule has 0 spiro atoms. The molecule has 146 valence electrons. The van der Waals surface area contributed by atoms with Gasteiger partial charge in [0.05, 0.1) is 18.2 Å². The Morgan fingerprint density at radius 1 is 1.29 bits per heavy atom. The maximum atomic E-state index is 11.2. The van der Waals surface area contributed by atoms with Crippen LogP contribution in [0.1, 0.15) is 11.1 Å². The lowest BCUT2D eigenvalue weighted by molar-refractivity contribution is -0.385. The summed E-state index contributed by atoms with van der Waals surface area (Å²) in [5.74, 6) is -0.0321. The van der Waals surface area contributed by atoms with Gasteiger partial charge in [-0.15, -0.1) is 5.10 Å². The van der Waals surface area contributed by atoms with Gasteiger partial charge in [0.25, 0.3) is 0 Å². The first-order chi connectivity index (χ1) is 13.5. The van der Waals surface area contributed by atoms with Crippen LogP contribution < -0.4 is 10.5 Å². The van der Waals surface area contributed by atoms with Gasteiger partial charge in [0.15, 0.2) is 17.5 Å². The minimum absolute atomic E-state index is 0.0472. The summed E-state index contributed by atoms with van der Waals surface area (Å²) in [5, 5.41) is 19.2. The van der Waals surface area contributed by atoms with Gasteiger partial charge in [-0.2, -0.15) is 5.10 Å². The lowest BCUT2D eigenvalue weighted by Gasteiger charge is -2.05. The molecule has 9 nitrogen and oxygen atoms in total. The molecule has 0 aliphatic rings. The molecule has 0 heterocycles. The topological polar surface area (TPSA) is 129 Å². The zero-order chi connectivity index (χ0) is 20.4. The third kappa shape index (κ3) is 6.72. The van der Waals surface area contributed by atoms with Crippen molar-refractivity contribution in [3.05, 3.63) is 69.8 Å². The summed E-state index contributed by atoms with van der Waals surface area (Å²) in [7, 11) is 1.20. The first-order valence-corrected chi connectivity index (χ1v) is 8.99. The van der Waals surface area contributed by atoms with E-state index in [-0.39, 0.29) is 16.6 Å². The minimum Gasteiger partial charge on any atom is -0.475 e. The fourth-order valence-electron chi connectivity index (χ4n) is 1.99. The number of carbonyl (C=O) groups excluding carboxylic acids is 1. The van der Waals surface area contributed by atoms with E-state index in [0.717, 1.165) is 5.56 Å². The number of nitrogens with zero attached hydrogens (tertiary/aromatic N) is 3. The molecule has 0 aliphatic carbocycles. The van der Waals surface area contributed by atoms with E-state index in [4.69, 9.17) is 10.5 Å². The summed E-state index contributed by atoms with van der Waals surface area (Å²) < 4.78 is 9.55. The number of carbonyl (C=O) groups is 1. The van der Waals surface area contributed by atoms with Gasteiger partial charge in [0.1, 0.15) is 0 Å². The molecular weight excluding hydrogens is 384 g/mol. The zero-order valence-corrected chi connectivity index (χ0v) is 15.8. The second kappa shape index (κ2) is 10.7. The number of rotatable bonds is 8. The van der Waals surface area contributed by atoms with Crippen LogP contribution in [-0.4, -0.2) is 36.0 Å². The molecule has 2 aromatic rings. The fraction of sp³-hybridized carbons (Fsp3) is 0.167. The van der Waals surface area contributed by atoms with Gasteiger partial charge >= 0.3 is 11.7 Å². The van der Waals surface area contributed by atoms with Gasteiger partial charge in [-0.3, -0.25) is 10.1 Å². The Hall–Kier alpha value is -3.40. The van der Waals surface area contributed by atoms with E-state index >= 15 is 0 Å². The van der Waals surface area contributed by atoms with Crippen LogP contribution in [0.3, 0.4) is 0 Å². The van der Waals surface area contributed by atoms with E-state index in [2.05, 4.69) is 14.9 Å². The van der Waals surface area contributed by atoms with E-state index in [0.29, 0.717) is 11.3 Å². The lowest BCUT2D eigenvalue weighted by Crippen LogP contribution is -2.13. The van der Waals surface area contributed by atoms with Crippen LogP contribution in [0.25, 0.3) is 0 Å². The van der Waals surface area contributed by atoms with Crippen LogP contribution >= 0.6 is 11.8 Å². The summed E-state index contributed by atoms with van der Waals surface area (Å²) in [4.78, 5) is 21.7. The number of ether oxygens (including phenoxy) is 2. The monoisotopic (exact) mass is 402 g/mol. The first-order valence-electron chi connectivity index (χ1n) is 8.01. The van der Waals surface area contributed by atoms with Gasteiger partial charge in [-0.1, -0.05) is 42.1 Å². The van der Waals surface area contributed by atoms with Crippen molar-refractivity contribution >= 4 is 34.8 Å². The summed E-state index contributed by atoms with van der Waals surface area (Å²) in [5.41, 5.74) is 7.03. The predicted molar refractivity (Wildman–Crippen MR) is 108 cm³/mol. The molecule has 0 amide bonds. The molecule has 0 bridgehead atoms.